The number of aromatic amines is 1. The second-order valence-corrected chi connectivity index (χ2v) is 3.67. The molecule has 1 rings (SSSR count). The Hall–Kier alpha value is -1.68. The molecule has 1 heterocycles. The zero-order chi connectivity index (χ0) is 12.1. The lowest BCUT2D eigenvalue weighted by molar-refractivity contribution is 0.908. The standard InChI is InChI=1S/C12H17N3O/c1-4-5-6-10(9(3)13)12-14-8(2)7-11(16)15-12/h4-7,9H,13H2,1-3H3,(H,14,15,16)/b5-4-,10-6-. The summed E-state index contributed by atoms with van der Waals surface area (Å²) in [4.78, 5) is 18.3. The monoisotopic (exact) mass is 219 g/mol. The van der Waals surface area contributed by atoms with E-state index in [0.29, 0.717) is 11.5 Å². The van der Waals surface area contributed by atoms with Gasteiger partial charge in [0, 0.05) is 23.4 Å². The minimum absolute atomic E-state index is 0.158. The van der Waals surface area contributed by atoms with Crippen molar-refractivity contribution >= 4 is 5.57 Å². The van der Waals surface area contributed by atoms with Gasteiger partial charge in [-0.05, 0) is 20.8 Å². The summed E-state index contributed by atoms with van der Waals surface area (Å²) in [6.07, 6.45) is 5.64. The van der Waals surface area contributed by atoms with Gasteiger partial charge in [0.2, 0.25) is 0 Å². The molecule has 4 nitrogen and oxygen atoms in total. The molecule has 0 amide bonds. The predicted octanol–water partition coefficient (Wildman–Crippen LogP) is 1.39. The third-order valence-corrected chi connectivity index (χ3v) is 2.10. The fourth-order valence-corrected chi connectivity index (χ4v) is 1.36. The highest BCUT2D eigenvalue weighted by Crippen LogP contribution is 2.12. The smallest absolute Gasteiger partial charge is 0.251 e. The van der Waals surface area contributed by atoms with E-state index in [4.69, 9.17) is 5.73 Å². The van der Waals surface area contributed by atoms with E-state index in [1.54, 1.807) is 6.92 Å². The molecule has 0 spiro atoms. The highest BCUT2D eigenvalue weighted by Gasteiger charge is 2.09. The summed E-state index contributed by atoms with van der Waals surface area (Å²) >= 11 is 0. The molecule has 86 valence electrons. The van der Waals surface area contributed by atoms with Crippen molar-refractivity contribution in [3.05, 3.63) is 46.2 Å². The van der Waals surface area contributed by atoms with E-state index in [2.05, 4.69) is 9.97 Å². The number of hydrogen-bond donors (Lipinski definition) is 2. The average Bonchev–Trinajstić information content (AvgIpc) is 2.16. The second kappa shape index (κ2) is 5.42. The summed E-state index contributed by atoms with van der Waals surface area (Å²) in [7, 11) is 0. The van der Waals surface area contributed by atoms with Crippen LogP contribution in [-0.4, -0.2) is 16.0 Å². The Morgan fingerprint density at radius 3 is 2.81 bits per heavy atom. The molecule has 0 aliphatic carbocycles. The van der Waals surface area contributed by atoms with Crippen LogP contribution in [0, 0.1) is 6.92 Å². The third-order valence-electron chi connectivity index (χ3n) is 2.10. The molecule has 1 aromatic heterocycles. The van der Waals surface area contributed by atoms with Gasteiger partial charge in [-0.25, -0.2) is 4.98 Å². The number of nitrogens with two attached hydrogens (primary N) is 1. The van der Waals surface area contributed by atoms with Crippen molar-refractivity contribution in [2.45, 2.75) is 26.8 Å². The Balaban J connectivity index is 3.26. The molecular formula is C12H17N3O. The van der Waals surface area contributed by atoms with Crippen LogP contribution in [0.3, 0.4) is 0 Å². The van der Waals surface area contributed by atoms with Crippen LogP contribution in [-0.2, 0) is 0 Å². The first-order valence-electron chi connectivity index (χ1n) is 5.21. The van der Waals surface area contributed by atoms with Crippen molar-refractivity contribution < 1.29 is 0 Å². The lowest BCUT2D eigenvalue weighted by Crippen LogP contribution is -2.21. The van der Waals surface area contributed by atoms with Gasteiger partial charge in [0.25, 0.3) is 5.56 Å². The van der Waals surface area contributed by atoms with E-state index < -0.39 is 0 Å². The molecule has 3 N–H and O–H groups in total. The van der Waals surface area contributed by atoms with Crippen molar-refractivity contribution in [1.82, 2.24) is 9.97 Å². The topological polar surface area (TPSA) is 71.8 Å². The van der Waals surface area contributed by atoms with Gasteiger partial charge in [-0.2, -0.15) is 0 Å². The maximum atomic E-state index is 11.3. The minimum Gasteiger partial charge on any atom is -0.324 e. The van der Waals surface area contributed by atoms with Crippen LogP contribution in [0.15, 0.2) is 29.1 Å². The highest BCUT2D eigenvalue weighted by molar-refractivity contribution is 5.65. The molecule has 0 radical (unpaired) electrons. The fourth-order valence-electron chi connectivity index (χ4n) is 1.36. The first-order chi connectivity index (χ1) is 7.54. The Bertz CT molecular complexity index is 469. The number of aryl methyl sites for hydroxylation is 1. The Kier molecular flexibility index (Phi) is 4.19. The Morgan fingerprint density at radius 2 is 2.31 bits per heavy atom. The van der Waals surface area contributed by atoms with Gasteiger partial charge >= 0.3 is 0 Å². The Morgan fingerprint density at radius 1 is 1.62 bits per heavy atom. The van der Waals surface area contributed by atoms with Gasteiger partial charge in [0.15, 0.2) is 0 Å². The van der Waals surface area contributed by atoms with Gasteiger partial charge < -0.3 is 10.7 Å². The lowest BCUT2D eigenvalue weighted by atomic mass is 10.1. The fraction of sp³-hybridized carbons (Fsp3) is 0.333. The SMILES string of the molecule is C/C=C\C=C(/c1nc(C)cc(=O)[nH]1)C(C)N. The van der Waals surface area contributed by atoms with Gasteiger partial charge in [0.05, 0.1) is 0 Å². The quantitative estimate of drug-likeness (QED) is 0.754. The molecule has 0 fully saturated rings. The van der Waals surface area contributed by atoms with E-state index in [1.165, 1.54) is 6.07 Å². The number of H-pyrrole nitrogens is 1. The zero-order valence-electron chi connectivity index (χ0n) is 9.82. The number of aromatic nitrogens is 2. The molecule has 0 saturated heterocycles. The van der Waals surface area contributed by atoms with Gasteiger partial charge in [-0.15, -0.1) is 0 Å². The van der Waals surface area contributed by atoms with Crippen LogP contribution >= 0.6 is 0 Å². The molecule has 16 heavy (non-hydrogen) atoms. The third kappa shape index (κ3) is 3.17. The molecular weight excluding hydrogens is 202 g/mol. The molecule has 0 aliphatic rings. The molecule has 1 unspecified atom stereocenters. The maximum Gasteiger partial charge on any atom is 0.251 e. The van der Waals surface area contributed by atoms with E-state index in [0.717, 1.165) is 5.57 Å². The molecule has 0 saturated carbocycles. The van der Waals surface area contributed by atoms with E-state index in [1.807, 2.05) is 32.1 Å². The molecule has 1 atom stereocenters. The largest absolute Gasteiger partial charge is 0.324 e. The summed E-state index contributed by atoms with van der Waals surface area (Å²) in [6.45, 7) is 5.56. The second-order valence-electron chi connectivity index (χ2n) is 3.67. The zero-order valence-corrected chi connectivity index (χ0v) is 9.82. The van der Waals surface area contributed by atoms with E-state index >= 15 is 0 Å². The van der Waals surface area contributed by atoms with Gasteiger partial charge in [-0.1, -0.05) is 18.2 Å². The summed E-state index contributed by atoms with van der Waals surface area (Å²) in [6, 6.07) is 1.28. The number of nitrogens with zero attached hydrogens (tertiary/aromatic N) is 1. The highest BCUT2D eigenvalue weighted by atomic mass is 16.1. The van der Waals surface area contributed by atoms with Crippen LogP contribution in [0.1, 0.15) is 25.4 Å². The molecule has 0 bridgehead atoms. The summed E-state index contributed by atoms with van der Waals surface area (Å²) < 4.78 is 0. The molecule has 0 aromatic carbocycles. The van der Waals surface area contributed by atoms with E-state index in [-0.39, 0.29) is 11.6 Å². The van der Waals surface area contributed by atoms with Gasteiger partial charge in [-0.3, -0.25) is 4.79 Å². The van der Waals surface area contributed by atoms with Crippen LogP contribution in [0.4, 0.5) is 0 Å². The van der Waals surface area contributed by atoms with Crippen molar-refractivity contribution in [1.29, 1.82) is 0 Å². The normalized spacial score (nSPS) is 14.4. The van der Waals surface area contributed by atoms with E-state index in [9.17, 15) is 4.79 Å². The van der Waals surface area contributed by atoms with Crippen molar-refractivity contribution in [3.8, 4) is 0 Å². The summed E-state index contributed by atoms with van der Waals surface area (Å²) in [5.74, 6) is 0.540. The van der Waals surface area contributed by atoms with Crippen LogP contribution in [0.5, 0.6) is 0 Å². The van der Waals surface area contributed by atoms with Crippen molar-refractivity contribution in [2.75, 3.05) is 0 Å². The summed E-state index contributed by atoms with van der Waals surface area (Å²) in [5, 5.41) is 0. The number of nitrogens with one attached hydrogen (secondary N) is 1. The molecule has 4 heteroatoms. The maximum absolute atomic E-state index is 11.3. The molecule has 0 aliphatic heterocycles. The molecule has 1 aromatic rings. The van der Waals surface area contributed by atoms with Crippen molar-refractivity contribution in [3.63, 3.8) is 0 Å². The lowest BCUT2D eigenvalue weighted by Gasteiger charge is -2.10. The predicted molar refractivity (Wildman–Crippen MR) is 66.0 cm³/mol. The summed E-state index contributed by atoms with van der Waals surface area (Å²) in [5.41, 5.74) is 7.19. The van der Waals surface area contributed by atoms with Crippen LogP contribution < -0.4 is 11.3 Å². The first kappa shape index (κ1) is 12.4. The minimum atomic E-state index is -0.179. The van der Waals surface area contributed by atoms with Crippen LogP contribution in [0.25, 0.3) is 5.57 Å². The van der Waals surface area contributed by atoms with Crippen LogP contribution in [0.2, 0.25) is 0 Å². The number of rotatable bonds is 3. The first-order valence-corrected chi connectivity index (χ1v) is 5.21. The number of hydrogen-bond acceptors (Lipinski definition) is 3. The van der Waals surface area contributed by atoms with Gasteiger partial charge in [0.1, 0.15) is 5.82 Å². The Labute approximate surface area is 94.9 Å². The number of allylic oxidation sites excluding steroid dienone is 3. The van der Waals surface area contributed by atoms with Crippen molar-refractivity contribution in [2.24, 2.45) is 5.73 Å². The average molecular weight is 219 g/mol.